The van der Waals surface area contributed by atoms with E-state index in [0.29, 0.717) is 5.92 Å². The van der Waals surface area contributed by atoms with Gasteiger partial charge in [0.2, 0.25) is 0 Å². The summed E-state index contributed by atoms with van der Waals surface area (Å²) >= 11 is 3.49. The van der Waals surface area contributed by atoms with Crippen molar-refractivity contribution in [3.8, 4) is 11.4 Å². The fraction of sp³-hybridized carbons (Fsp3) is 0.438. The number of rotatable bonds is 4. The van der Waals surface area contributed by atoms with E-state index in [-0.39, 0.29) is 0 Å². The Kier molecular flexibility index (Phi) is 4.04. The van der Waals surface area contributed by atoms with Crippen LogP contribution in [0.5, 0.6) is 0 Å². The smallest absolute Gasteiger partial charge is 0.158 e. The van der Waals surface area contributed by atoms with Crippen molar-refractivity contribution in [1.29, 1.82) is 0 Å². The minimum Gasteiger partial charge on any atom is -0.342 e. The molecule has 0 aromatic carbocycles. The number of aromatic nitrogens is 5. The average Bonchev–Trinajstić information content (AvgIpc) is 3.03. The Morgan fingerprint density at radius 2 is 2.00 bits per heavy atom. The van der Waals surface area contributed by atoms with Gasteiger partial charge >= 0.3 is 0 Å². The van der Waals surface area contributed by atoms with E-state index in [9.17, 15) is 0 Å². The molecule has 0 atom stereocenters. The summed E-state index contributed by atoms with van der Waals surface area (Å²) in [4.78, 5) is 12.2. The second-order valence-electron chi connectivity index (χ2n) is 5.60. The highest BCUT2D eigenvalue weighted by Crippen LogP contribution is 2.32. The molecule has 22 heavy (non-hydrogen) atoms. The predicted octanol–water partition coefficient (Wildman–Crippen LogP) is 4.40. The van der Waals surface area contributed by atoms with Gasteiger partial charge in [-0.15, -0.1) is 0 Å². The molecule has 0 saturated heterocycles. The minimum atomic E-state index is 0.504. The molecule has 3 aromatic rings. The Morgan fingerprint density at radius 3 is 2.59 bits per heavy atom. The molecule has 5 nitrogen and oxygen atoms in total. The van der Waals surface area contributed by atoms with Gasteiger partial charge in [-0.25, -0.2) is 14.5 Å². The van der Waals surface area contributed by atoms with Gasteiger partial charge in [0.1, 0.15) is 16.0 Å². The van der Waals surface area contributed by atoms with Crippen LogP contribution in [0.15, 0.2) is 17.0 Å². The summed E-state index contributed by atoms with van der Waals surface area (Å²) < 4.78 is 2.74. The summed E-state index contributed by atoms with van der Waals surface area (Å²) in [6.45, 7) is 8.50. The first-order valence-electron chi connectivity index (χ1n) is 7.62. The molecule has 0 unspecified atom stereocenters. The van der Waals surface area contributed by atoms with Gasteiger partial charge in [-0.05, 0) is 54.6 Å². The van der Waals surface area contributed by atoms with Crippen molar-refractivity contribution in [2.75, 3.05) is 0 Å². The van der Waals surface area contributed by atoms with Crippen molar-refractivity contribution < 1.29 is 0 Å². The van der Waals surface area contributed by atoms with Gasteiger partial charge in [-0.3, -0.25) is 0 Å². The molecule has 0 bridgehead atoms. The van der Waals surface area contributed by atoms with Crippen LogP contribution in [0.1, 0.15) is 49.6 Å². The highest BCUT2D eigenvalue weighted by atomic mass is 79.9. The molecule has 0 spiro atoms. The molecule has 0 amide bonds. The van der Waals surface area contributed by atoms with Gasteiger partial charge in [0, 0.05) is 5.56 Å². The van der Waals surface area contributed by atoms with Gasteiger partial charge < -0.3 is 4.98 Å². The number of fused-ring (bicyclic) bond motifs is 1. The highest BCUT2D eigenvalue weighted by molar-refractivity contribution is 9.10. The maximum absolute atomic E-state index is 4.80. The average molecular weight is 362 g/mol. The molecule has 3 heterocycles. The largest absolute Gasteiger partial charge is 0.342 e. The van der Waals surface area contributed by atoms with E-state index >= 15 is 0 Å². The zero-order chi connectivity index (χ0) is 15.9. The number of aromatic amines is 1. The lowest BCUT2D eigenvalue weighted by molar-refractivity contribution is 0.638. The van der Waals surface area contributed by atoms with Crippen molar-refractivity contribution in [2.45, 2.75) is 46.5 Å². The number of imidazole rings is 2. The van der Waals surface area contributed by atoms with E-state index in [1.807, 2.05) is 18.4 Å². The van der Waals surface area contributed by atoms with Crippen LogP contribution >= 0.6 is 15.9 Å². The van der Waals surface area contributed by atoms with E-state index in [1.54, 1.807) is 6.33 Å². The van der Waals surface area contributed by atoms with Crippen LogP contribution < -0.4 is 0 Å². The summed E-state index contributed by atoms with van der Waals surface area (Å²) in [6.07, 6.45) is 3.88. The minimum absolute atomic E-state index is 0.504. The van der Waals surface area contributed by atoms with Gasteiger partial charge in [0.15, 0.2) is 5.65 Å². The predicted molar refractivity (Wildman–Crippen MR) is 91.1 cm³/mol. The Balaban J connectivity index is 2.33. The van der Waals surface area contributed by atoms with Crippen molar-refractivity contribution >= 4 is 21.6 Å². The second-order valence-corrected chi connectivity index (χ2v) is 6.36. The van der Waals surface area contributed by atoms with Gasteiger partial charge in [-0.1, -0.05) is 13.8 Å². The SMILES string of the molecule is CCC(CC)c1cc(C)nn2c(-c3[nH]cnc3Br)c(C)nc12. The fourth-order valence-electron chi connectivity index (χ4n) is 3.04. The molecule has 6 heteroatoms. The number of nitrogens with one attached hydrogen (secondary N) is 1. The lowest BCUT2D eigenvalue weighted by Crippen LogP contribution is -2.05. The maximum atomic E-state index is 4.80. The molecule has 0 aliphatic heterocycles. The molecule has 0 aliphatic carbocycles. The van der Waals surface area contributed by atoms with E-state index in [2.05, 4.69) is 45.8 Å². The zero-order valence-electron chi connectivity index (χ0n) is 13.3. The van der Waals surface area contributed by atoms with E-state index in [0.717, 1.165) is 45.9 Å². The van der Waals surface area contributed by atoms with Crippen LogP contribution in [0.3, 0.4) is 0 Å². The van der Waals surface area contributed by atoms with Crippen LogP contribution in [0, 0.1) is 13.8 Å². The molecule has 3 aromatic heterocycles. The van der Waals surface area contributed by atoms with Crippen molar-refractivity contribution in [3.05, 3.63) is 33.9 Å². The van der Waals surface area contributed by atoms with E-state index < -0.39 is 0 Å². The highest BCUT2D eigenvalue weighted by Gasteiger charge is 2.21. The quantitative estimate of drug-likeness (QED) is 0.748. The standard InChI is InChI=1S/C16H20BrN5/c1-5-11(6-2)12-7-9(3)21-22-14(10(4)20-16(12)22)13-15(17)19-8-18-13/h7-8,11H,5-6H2,1-4H3,(H,18,19). The third-order valence-electron chi connectivity index (χ3n) is 4.16. The molecular formula is C16H20BrN5. The number of hydrogen-bond donors (Lipinski definition) is 1. The number of aryl methyl sites for hydroxylation is 2. The Labute approximate surface area is 138 Å². The van der Waals surface area contributed by atoms with Crippen LogP contribution in [-0.2, 0) is 0 Å². The second kappa shape index (κ2) is 5.83. The van der Waals surface area contributed by atoms with E-state index in [4.69, 9.17) is 10.1 Å². The van der Waals surface area contributed by atoms with Gasteiger partial charge in [-0.2, -0.15) is 5.10 Å². The molecule has 0 saturated carbocycles. The lowest BCUT2D eigenvalue weighted by Gasteiger charge is -2.14. The van der Waals surface area contributed by atoms with Crippen LogP contribution in [0.25, 0.3) is 17.0 Å². The summed E-state index contributed by atoms with van der Waals surface area (Å²) in [7, 11) is 0. The van der Waals surface area contributed by atoms with Crippen LogP contribution in [-0.4, -0.2) is 24.6 Å². The summed E-state index contributed by atoms with van der Waals surface area (Å²) in [5.41, 5.74) is 6.07. The number of hydrogen-bond acceptors (Lipinski definition) is 3. The molecular weight excluding hydrogens is 342 g/mol. The van der Waals surface area contributed by atoms with Gasteiger partial charge in [0.05, 0.1) is 17.7 Å². The Morgan fingerprint density at radius 1 is 1.27 bits per heavy atom. The Bertz CT molecular complexity index is 813. The summed E-state index contributed by atoms with van der Waals surface area (Å²) in [6, 6.07) is 2.17. The molecule has 0 fully saturated rings. The third kappa shape index (κ3) is 2.35. The van der Waals surface area contributed by atoms with Crippen LogP contribution in [0.2, 0.25) is 0 Å². The summed E-state index contributed by atoms with van der Waals surface area (Å²) in [5.74, 6) is 0.504. The zero-order valence-corrected chi connectivity index (χ0v) is 14.9. The molecule has 116 valence electrons. The van der Waals surface area contributed by atoms with Crippen molar-refractivity contribution in [1.82, 2.24) is 24.6 Å². The molecule has 1 N–H and O–H groups in total. The number of nitrogens with zero attached hydrogens (tertiary/aromatic N) is 4. The topological polar surface area (TPSA) is 58.9 Å². The van der Waals surface area contributed by atoms with Crippen molar-refractivity contribution in [3.63, 3.8) is 0 Å². The lowest BCUT2D eigenvalue weighted by atomic mass is 9.95. The normalized spacial score (nSPS) is 11.7. The fourth-order valence-corrected chi connectivity index (χ4v) is 3.44. The summed E-state index contributed by atoms with van der Waals surface area (Å²) in [5, 5.41) is 4.69. The Hall–Kier alpha value is -1.69. The van der Waals surface area contributed by atoms with Crippen LogP contribution in [0.4, 0.5) is 0 Å². The number of H-pyrrole nitrogens is 1. The van der Waals surface area contributed by atoms with Gasteiger partial charge in [0.25, 0.3) is 0 Å². The third-order valence-corrected chi connectivity index (χ3v) is 4.77. The first kappa shape index (κ1) is 15.2. The number of halogens is 1. The molecule has 0 aliphatic rings. The van der Waals surface area contributed by atoms with Crippen molar-refractivity contribution in [2.24, 2.45) is 0 Å². The first-order valence-corrected chi connectivity index (χ1v) is 8.42. The first-order chi connectivity index (χ1) is 10.6. The monoisotopic (exact) mass is 361 g/mol. The molecule has 0 radical (unpaired) electrons. The maximum Gasteiger partial charge on any atom is 0.158 e. The molecule has 3 rings (SSSR count). The van der Waals surface area contributed by atoms with E-state index in [1.165, 1.54) is 5.56 Å².